The van der Waals surface area contributed by atoms with Crippen molar-refractivity contribution in [3.05, 3.63) is 48.5 Å². The van der Waals surface area contributed by atoms with Crippen LogP contribution in [-0.4, -0.2) is 9.55 Å². The first-order valence-corrected chi connectivity index (χ1v) is 3.92. The third kappa shape index (κ3) is 1.23. The highest BCUT2D eigenvalue weighted by Gasteiger charge is 1.94. The number of hydrogen-bond donors (Lipinski definition) is 0. The van der Waals surface area contributed by atoms with Gasteiger partial charge in [0, 0.05) is 11.9 Å². The van der Waals surface area contributed by atoms with E-state index < -0.39 is 0 Å². The van der Waals surface area contributed by atoms with Crippen molar-refractivity contribution in [3.8, 4) is 5.69 Å². The quantitative estimate of drug-likeness (QED) is 0.622. The second-order valence-electron chi connectivity index (χ2n) is 2.76. The first kappa shape index (κ1) is 7.10. The van der Waals surface area contributed by atoms with Gasteiger partial charge in [-0.1, -0.05) is 18.2 Å². The molecular formula is C10H10N2. The Morgan fingerprint density at radius 3 is 2.50 bits per heavy atom. The van der Waals surface area contributed by atoms with Crippen molar-refractivity contribution in [2.75, 3.05) is 0 Å². The lowest BCUT2D eigenvalue weighted by molar-refractivity contribution is 1.06. The van der Waals surface area contributed by atoms with E-state index in [0.717, 1.165) is 11.4 Å². The first-order chi connectivity index (χ1) is 5.86. The van der Waals surface area contributed by atoms with Gasteiger partial charge in [-0.05, 0) is 19.1 Å². The van der Waals surface area contributed by atoms with Crippen LogP contribution in [0.15, 0.2) is 42.9 Å². The fourth-order valence-electron chi connectivity index (χ4n) is 1.16. The monoisotopic (exact) mass is 158 g/mol. The summed E-state index contributed by atoms with van der Waals surface area (Å²) in [7, 11) is 0. The number of imidazole rings is 1. The zero-order chi connectivity index (χ0) is 8.39. The summed E-state index contributed by atoms with van der Waals surface area (Å²) in [6, 6.07) is 10.2. The molecule has 0 fully saturated rings. The van der Waals surface area contributed by atoms with E-state index in [-0.39, 0.29) is 0 Å². The van der Waals surface area contributed by atoms with Crippen LogP contribution in [0, 0.1) is 6.92 Å². The SMILES string of the molecule is Cc1cn(-c2ccccc2)cn1. The van der Waals surface area contributed by atoms with Gasteiger partial charge in [0.1, 0.15) is 0 Å². The molecule has 0 saturated heterocycles. The lowest BCUT2D eigenvalue weighted by Crippen LogP contribution is -1.87. The normalized spacial score (nSPS) is 10.1. The van der Waals surface area contributed by atoms with Crippen LogP contribution in [0.1, 0.15) is 5.69 Å². The Morgan fingerprint density at radius 2 is 1.92 bits per heavy atom. The largest absolute Gasteiger partial charge is 0.306 e. The van der Waals surface area contributed by atoms with Gasteiger partial charge in [-0.2, -0.15) is 0 Å². The summed E-state index contributed by atoms with van der Waals surface area (Å²) < 4.78 is 2.01. The Kier molecular flexibility index (Phi) is 1.67. The molecule has 0 unspecified atom stereocenters. The molecule has 0 atom stereocenters. The van der Waals surface area contributed by atoms with Crippen molar-refractivity contribution in [2.24, 2.45) is 0 Å². The van der Waals surface area contributed by atoms with Gasteiger partial charge >= 0.3 is 0 Å². The van der Waals surface area contributed by atoms with Gasteiger partial charge in [-0.3, -0.25) is 0 Å². The molecule has 0 radical (unpaired) electrons. The lowest BCUT2D eigenvalue weighted by atomic mass is 10.3. The molecule has 2 nitrogen and oxygen atoms in total. The van der Waals surface area contributed by atoms with Crippen LogP contribution in [0.2, 0.25) is 0 Å². The Morgan fingerprint density at radius 1 is 1.17 bits per heavy atom. The molecule has 0 saturated carbocycles. The Bertz CT molecular complexity index is 362. The zero-order valence-electron chi connectivity index (χ0n) is 6.94. The van der Waals surface area contributed by atoms with E-state index in [1.165, 1.54) is 0 Å². The molecule has 2 aromatic rings. The van der Waals surface area contributed by atoms with Crippen LogP contribution in [0.3, 0.4) is 0 Å². The number of para-hydroxylation sites is 1. The van der Waals surface area contributed by atoms with E-state index in [2.05, 4.69) is 17.1 Å². The maximum Gasteiger partial charge on any atom is 0.0995 e. The van der Waals surface area contributed by atoms with Crippen molar-refractivity contribution in [1.82, 2.24) is 9.55 Å². The predicted molar refractivity (Wildman–Crippen MR) is 48.3 cm³/mol. The van der Waals surface area contributed by atoms with E-state index >= 15 is 0 Å². The Balaban J connectivity index is 2.45. The van der Waals surface area contributed by atoms with Gasteiger partial charge in [0.25, 0.3) is 0 Å². The molecule has 2 rings (SSSR count). The third-order valence-corrected chi connectivity index (χ3v) is 1.77. The van der Waals surface area contributed by atoms with Crippen molar-refractivity contribution in [3.63, 3.8) is 0 Å². The number of aryl methyl sites for hydroxylation is 1. The van der Waals surface area contributed by atoms with Crippen LogP contribution in [-0.2, 0) is 0 Å². The number of hydrogen-bond acceptors (Lipinski definition) is 1. The maximum absolute atomic E-state index is 4.16. The minimum atomic E-state index is 1.04. The summed E-state index contributed by atoms with van der Waals surface area (Å²) in [5.74, 6) is 0. The van der Waals surface area contributed by atoms with Crippen molar-refractivity contribution < 1.29 is 0 Å². The van der Waals surface area contributed by atoms with Gasteiger partial charge < -0.3 is 4.57 Å². The molecule has 0 N–H and O–H groups in total. The summed E-state index contributed by atoms with van der Waals surface area (Å²) in [6.07, 6.45) is 3.83. The van der Waals surface area contributed by atoms with E-state index in [1.54, 1.807) is 0 Å². The van der Waals surface area contributed by atoms with E-state index in [0.29, 0.717) is 0 Å². The fourth-order valence-corrected chi connectivity index (χ4v) is 1.16. The van der Waals surface area contributed by atoms with Crippen molar-refractivity contribution in [1.29, 1.82) is 0 Å². The highest BCUT2D eigenvalue weighted by Crippen LogP contribution is 2.06. The lowest BCUT2D eigenvalue weighted by Gasteiger charge is -1.98. The summed E-state index contributed by atoms with van der Waals surface area (Å²) in [4.78, 5) is 4.16. The van der Waals surface area contributed by atoms with Crippen LogP contribution < -0.4 is 0 Å². The molecule has 2 heteroatoms. The van der Waals surface area contributed by atoms with Crippen molar-refractivity contribution >= 4 is 0 Å². The molecule has 0 spiro atoms. The molecule has 1 heterocycles. The van der Waals surface area contributed by atoms with E-state index in [1.807, 2.05) is 42.2 Å². The zero-order valence-corrected chi connectivity index (χ0v) is 6.94. The molecule has 0 aliphatic carbocycles. The molecule has 0 aliphatic rings. The minimum absolute atomic E-state index is 1.04. The van der Waals surface area contributed by atoms with Gasteiger partial charge in [-0.15, -0.1) is 0 Å². The average Bonchev–Trinajstić information content (AvgIpc) is 2.54. The summed E-state index contributed by atoms with van der Waals surface area (Å²) in [6.45, 7) is 1.99. The fraction of sp³-hybridized carbons (Fsp3) is 0.100. The highest BCUT2D eigenvalue weighted by atomic mass is 15.0. The predicted octanol–water partition coefficient (Wildman–Crippen LogP) is 2.18. The summed E-state index contributed by atoms with van der Waals surface area (Å²) in [5, 5.41) is 0. The second-order valence-corrected chi connectivity index (χ2v) is 2.76. The van der Waals surface area contributed by atoms with Crippen LogP contribution in [0.5, 0.6) is 0 Å². The third-order valence-electron chi connectivity index (χ3n) is 1.77. The number of nitrogens with zero attached hydrogens (tertiary/aromatic N) is 2. The minimum Gasteiger partial charge on any atom is -0.306 e. The Labute approximate surface area is 71.5 Å². The molecule has 0 aliphatic heterocycles. The molecular weight excluding hydrogens is 148 g/mol. The smallest absolute Gasteiger partial charge is 0.0995 e. The highest BCUT2D eigenvalue weighted by molar-refractivity contribution is 5.31. The Hall–Kier alpha value is -1.57. The van der Waals surface area contributed by atoms with Crippen LogP contribution >= 0.6 is 0 Å². The summed E-state index contributed by atoms with van der Waals surface area (Å²) >= 11 is 0. The standard InChI is InChI=1S/C10H10N2/c1-9-7-12(8-11-9)10-5-3-2-4-6-10/h2-8H,1H3. The van der Waals surface area contributed by atoms with Gasteiger partial charge in [0.2, 0.25) is 0 Å². The second kappa shape index (κ2) is 2.81. The van der Waals surface area contributed by atoms with E-state index in [9.17, 15) is 0 Å². The molecule has 12 heavy (non-hydrogen) atoms. The van der Waals surface area contributed by atoms with Gasteiger partial charge in [0.15, 0.2) is 0 Å². The molecule has 60 valence electrons. The van der Waals surface area contributed by atoms with Crippen LogP contribution in [0.4, 0.5) is 0 Å². The summed E-state index contributed by atoms with van der Waals surface area (Å²) in [5.41, 5.74) is 2.19. The van der Waals surface area contributed by atoms with Crippen LogP contribution in [0.25, 0.3) is 5.69 Å². The maximum atomic E-state index is 4.16. The van der Waals surface area contributed by atoms with E-state index in [4.69, 9.17) is 0 Å². The average molecular weight is 158 g/mol. The molecule has 0 bridgehead atoms. The number of benzene rings is 1. The number of rotatable bonds is 1. The van der Waals surface area contributed by atoms with Crippen molar-refractivity contribution in [2.45, 2.75) is 6.92 Å². The molecule has 1 aromatic carbocycles. The number of aromatic nitrogens is 2. The molecule has 1 aromatic heterocycles. The van der Waals surface area contributed by atoms with Gasteiger partial charge in [0.05, 0.1) is 12.0 Å². The van der Waals surface area contributed by atoms with Gasteiger partial charge in [-0.25, -0.2) is 4.98 Å². The molecule has 0 amide bonds. The topological polar surface area (TPSA) is 17.8 Å². The first-order valence-electron chi connectivity index (χ1n) is 3.92.